The molecule has 2 amide bonds. The van der Waals surface area contributed by atoms with E-state index in [1.165, 1.54) is 13.1 Å². The number of anilines is 1. The maximum atomic E-state index is 14.0. The van der Waals surface area contributed by atoms with Crippen molar-refractivity contribution >= 4 is 34.6 Å². The predicted molar refractivity (Wildman–Crippen MR) is 124 cm³/mol. The summed E-state index contributed by atoms with van der Waals surface area (Å²) in [5, 5.41) is 12.8. The summed E-state index contributed by atoms with van der Waals surface area (Å²) in [4.78, 5) is 25.4. The van der Waals surface area contributed by atoms with Gasteiger partial charge in [-0.15, -0.1) is 24.5 Å². The van der Waals surface area contributed by atoms with Gasteiger partial charge in [0.25, 0.3) is 11.8 Å². The third kappa shape index (κ3) is 6.15. The van der Waals surface area contributed by atoms with Crippen LogP contribution < -0.4 is 21.1 Å². The molecular weight excluding hydrogens is 488 g/mol. The van der Waals surface area contributed by atoms with Crippen LogP contribution in [0.5, 0.6) is 5.75 Å². The van der Waals surface area contributed by atoms with Crippen LogP contribution in [0.3, 0.4) is 0 Å². The van der Waals surface area contributed by atoms with E-state index in [4.69, 9.17) is 11.1 Å². The SMILES string of the molecule is CNC(=O)C(=N)c1ccc(-c2cc(C)c(C(=O)NCc3cc(OC(F)(F)F)ccc3F)s2)cc1N. The number of amides is 2. The lowest BCUT2D eigenvalue weighted by Gasteiger charge is -2.11. The molecule has 1 heterocycles. The number of hydrogen-bond acceptors (Lipinski definition) is 6. The van der Waals surface area contributed by atoms with Crippen molar-refractivity contribution < 1.29 is 31.9 Å². The third-order valence-electron chi connectivity index (χ3n) is 4.87. The Morgan fingerprint density at radius 3 is 2.49 bits per heavy atom. The average Bonchev–Trinajstić information content (AvgIpc) is 3.18. The maximum Gasteiger partial charge on any atom is 0.573 e. The van der Waals surface area contributed by atoms with Gasteiger partial charge in [-0.2, -0.15) is 0 Å². The van der Waals surface area contributed by atoms with Crippen LogP contribution in [0, 0.1) is 18.2 Å². The van der Waals surface area contributed by atoms with Crippen LogP contribution in [-0.4, -0.2) is 30.9 Å². The Bertz CT molecular complexity index is 1300. The smallest absolute Gasteiger partial charge is 0.406 e. The van der Waals surface area contributed by atoms with Crippen molar-refractivity contribution in [1.82, 2.24) is 10.6 Å². The minimum atomic E-state index is -4.92. The minimum Gasteiger partial charge on any atom is -0.406 e. The van der Waals surface area contributed by atoms with Gasteiger partial charge in [0.15, 0.2) is 0 Å². The van der Waals surface area contributed by atoms with Crippen LogP contribution in [-0.2, 0) is 11.3 Å². The molecular formula is C23H20F4N4O3S. The number of thiophene rings is 1. The Hall–Kier alpha value is -3.93. The predicted octanol–water partition coefficient (Wildman–Crippen LogP) is 4.39. The van der Waals surface area contributed by atoms with E-state index >= 15 is 0 Å². The van der Waals surface area contributed by atoms with E-state index < -0.39 is 29.7 Å². The lowest BCUT2D eigenvalue weighted by molar-refractivity contribution is -0.274. The number of likely N-dealkylation sites (N-methyl/N-ethyl adjacent to an activating group) is 1. The number of nitrogens with two attached hydrogens (primary N) is 1. The zero-order valence-electron chi connectivity index (χ0n) is 18.5. The summed E-state index contributed by atoms with van der Waals surface area (Å²) >= 11 is 1.14. The Morgan fingerprint density at radius 1 is 1.14 bits per heavy atom. The first-order valence-corrected chi connectivity index (χ1v) is 10.8. The van der Waals surface area contributed by atoms with Crippen molar-refractivity contribution in [2.45, 2.75) is 19.8 Å². The van der Waals surface area contributed by atoms with E-state index in [0.717, 1.165) is 29.5 Å². The molecule has 0 spiro atoms. The Balaban J connectivity index is 1.76. The van der Waals surface area contributed by atoms with Gasteiger partial charge >= 0.3 is 6.36 Å². The molecule has 2 aromatic carbocycles. The second-order valence-corrected chi connectivity index (χ2v) is 8.41. The van der Waals surface area contributed by atoms with Crippen LogP contribution in [0.25, 0.3) is 10.4 Å². The molecule has 0 radical (unpaired) electrons. The number of ether oxygens (including phenoxy) is 1. The number of halogens is 4. The molecule has 3 rings (SSSR count). The number of nitrogen functional groups attached to an aromatic ring is 1. The van der Waals surface area contributed by atoms with Gasteiger partial charge in [-0.25, -0.2) is 4.39 Å². The van der Waals surface area contributed by atoms with Crippen LogP contribution in [0.1, 0.15) is 26.4 Å². The normalized spacial score (nSPS) is 11.1. The van der Waals surface area contributed by atoms with E-state index in [1.54, 1.807) is 25.1 Å². The zero-order chi connectivity index (χ0) is 25.9. The number of alkyl halides is 3. The number of rotatable bonds is 7. The first kappa shape index (κ1) is 25.7. The highest BCUT2D eigenvalue weighted by molar-refractivity contribution is 7.17. The number of aryl methyl sites for hydroxylation is 1. The number of benzene rings is 2. The number of hydrogen-bond donors (Lipinski definition) is 4. The van der Waals surface area contributed by atoms with Gasteiger partial charge in [0.2, 0.25) is 0 Å². The molecule has 0 unspecified atom stereocenters. The van der Waals surface area contributed by atoms with Gasteiger partial charge in [-0.1, -0.05) is 6.07 Å². The van der Waals surface area contributed by atoms with E-state index in [0.29, 0.717) is 20.9 Å². The summed E-state index contributed by atoms with van der Waals surface area (Å²) in [7, 11) is 1.41. The van der Waals surface area contributed by atoms with Crippen LogP contribution >= 0.6 is 11.3 Å². The van der Waals surface area contributed by atoms with Gasteiger partial charge < -0.3 is 21.1 Å². The van der Waals surface area contributed by atoms with Crippen molar-refractivity contribution in [2.75, 3.05) is 12.8 Å². The number of carbonyl (C=O) groups excluding carboxylic acids is 2. The van der Waals surface area contributed by atoms with Crippen molar-refractivity contribution in [3.05, 3.63) is 69.8 Å². The molecule has 12 heteroatoms. The standard InChI is InChI=1S/C23H20F4N4O3S/c1-11-7-18(12-3-5-15(17(28)9-12)19(29)21(32)30-2)35-20(11)22(33)31-10-13-8-14(4-6-16(13)24)34-23(25,26)27/h3-9,29H,10,28H2,1-2H3,(H,30,32)(H,31,33). The fourth-order valence-electron chi connectivity index (χ4n) is 3.18. The highest BCUT2D eigenvalue weighted by Gasteiger charge is 2.31. The molecule has 0 bridgehead atoms. The van der Waals surface area contributed by atoms with E-state index in [2.05, 4.69) is 15.4 Å². The Morgan fingerprint density at radius 2 is 1.86 bits per heavy atom. The highest BCUT2D eigenvalue weighted by atomic mass is 32.1. The summed E-state index contributed by atoms with van der Waals surface area (Å²) < 4.78 is 55.1. The molecule has 0 saturated carbocycles. The summed E-state index contributed by atoms with van der Waals surface area (Å²) in [6.07, 6.45) is -4.92. The quantitative estimate of drug-likeness (QED) is 0.215. The van der Waals surface area contributed by atoms with Crippen LogP contribution in [0.2, 0.25) is 0 Å². The summed E-state index contributed by atoms with van der Waals surface area (Å²) in [6, 6.07) is 9.08. The van der Waals surface area contributed by atoms with E-state index in [9.17, 15) is 27.2 Å². The average molecular weight is 508 g/mol. The fraction of sp³-hybridized carbons (Fsp3) is 0.174. The zero-order valence-corrected chi connectivity index (χ0v) is 19.3. The fourth-order valence-corrected chi connectivity index (χ4v) is 4.27. The topological polar surface area (TPSA) is 117 Å². The van der Waals surface area contributed by atoms with Gasteiger partial charge in [-0.3, -0.25) is 15.0 Å². The van der Waals surface area contributed by atoms with E-state index in [1.807, 2.05) is 0 Å². The van der Waals surface area contributed by atoms with Crippen molar-refractivity contribution in [2.24, 2.45) is 0 Å². The molecule has 184 valence electrons. The molecule has 0 atom stereocenters. The van der Waals surface area contributed by atoms with Crippen molar-refractivity contribution in [3.63, 3.8) is 0 Å². The molecule has 0 aliphatic carbocycles. The molecule has 0 fully saturated rings. The maximum absolute atomic E-state index is 14.0. The molecule has 0 saturated heterocycles. The monoisotopic (exact) mass is 508 g/mol. The minimum absolute atomic E-state index is 0.170. The molecule has 5 N–H and O–H groups in total. The van der Waals surface area contributed by atoms with Gasteiger partial charge in [0.05, 0.1) is 4.88 Å². The summed E-state index contributed by atoms with van der Waals surface area (Å²) in [5.74, 6) is -2.50. The van der Waals surface area contributed by atoms with Crippen LogP contribution in [0.4, 0.5) is 23.2 Å². The molecule has 35 heavy (non-hydrogen) atoms. The van der Waals surface area contributed by atoms with E-state index in [-0.39, 0.29) is 29.1 Å². The Kier molecular flexibility index (Phi) is 7.44. The number of nitrogens with one attached hydrogen (secondary N) is 3. The largest absolute Gasteiger partial charge is 0.573 e. The molecule has 0 aliphatic heterocycles. The lowest BCUT2D eigenvalue weighted by Crippen LogP contribution is -2.28. The second-order valence-electron chi connectivity index (χ2n) is 7.36. The third-order valence-corrected chi connectivity index (χ3v) is 6.16. The van der Waals surface area contributed by atoms with Crippen molar-refractivity contribution in [3.8, 4) is 16.2 Å². The molecule has 7 nitrogen and oxygen atoms in total. The van der Waals surface area contributed by atoms with Crippen molar-refractivity contribution in [1.29, 1.82) is 5.41 Å². The molecule has 1 aromatic heterocycles. The first-order chi connectivity index (χ1) is 16.4. The summed E-state index contributed by atoms with van der Waals surface area (Å²) in [5.41, 5.74) is 7.33. The molecule has 0 aliphatic rings. The van der Waals surface area contributed by atoms with Gasteiger partial charge in [-0.05, 0) is 54.4 Å². The number of carbonyl (C=O) groups is 2. The van der Waals surface area contributed by atoms with Gasteiger partial charge in [0, 0.05) is 35.3 Å². The second kappa shape index (κ2) is 10.1. The summed E-state index contributed by atoms with van der Waals surface area (Å²) in [6.45, 7) is 1.35. The molecule has 3 aromatic rings. The highest BCUT2D eigenvalue weighted by Crippen LogP contribution is 2.33. The Labute approximate surface area is 201 Å². The van der Waals surface area contributed by atoms with Gasteiger partial charge in [0.1, 0.15) is 17.3 Å². The van der Waals surface area contributed by atoms with Crippen LogP contribution in [0.15, 0.2) is 42.5 Å². The lowest BCUT2D eigenvalue weighted by atomic mass is 10.0. The first-order valence-electron chi connectivity index (χ1n) is 10.0.